The highest BCUT2D eigenvalue weighted by Crippen LogP contribution is 2.21. The molecule has 7 heteroatoms. The summed E-state index contributed by atoms with van der Waals surface area (Å²) in [6.07, 6.45) is -3.94. The lowest BCUT2D eigenvalue weighted by atomic mass is 10.1. The highest BCUT2D eigenvalue weighted by Gasteiger charge is 2.43. The van der Waals surface area contributed by atoms with Gasteiger partial charge in [0, 0.05) is 21.0 Å². The zero-order valence-electron chi connectivity index (χ0n) is 9.91. The first-order valence-electron chi connectivity index (χ1n) is 5.12. The van der Waals surface area contributed by atoms with Crippen molar-refractivity contribution in [2.75, 3.05) is 13.7 Å². The summed E-state index contributed by atoms with van der Waals surface area (Å²) in [5.74, 6) is -1.13. The van der Waals surface area contributed by atoms with E-state index in [9.17, 15) is 14.7 Å². The molecule has 1 fully saturated rings. The maximum atomic E-state index is 10.9. The molecule has 0 aliphatic carbocycles. The summed E-state index contributed by atoms with van der Waals surface area (Å²) in [5, 5.41) is 9.91. The first-order chi connectivity index (χ1) is 7.95. The average molecular weight is 248 g/mol. The summed E-state index contributed by atoms with van der Waals surface area (Å²) >= 11 is 0. The zero-order chi connectivity index (χ0) is 13.0. The fraction of sp³-hybridized carbons (Fsp3) is 0.800. The van der Waals surface area contributed by atoms with Crippen LogP contribution in [0.15, 0.2) is 0 Å². The number of carbonyl (C=O) groups is 2. The van der Waals surface area contributed by atoms with E-state index in [1.807, 2.05) is 0 Å². The van der Waals surface area contributed by atoms with E-state index in [-0.39, 0.29) is 6.61 Å². The van der Waals surface area contributed by atoms with E-state index in [2.05, 4.69) is 0 Å². The fourth-order valence-electron chi connectivity index (χ4n) is 1.59. The van der Waals surface area contributed by atoms with E-state index < -0.39 is 36.5 Å². The number of aliphatic hydroxyl groups is 1. The van der Waals surface area contributed by atoms with E-state index in [0.717, 1.165) is 0 Å². The molecule has 1 heterocycles. The molecule has 1 aliphatic rings. The molecule has 0 saturated carbocycles. The Morgan fingerprint density at radius 3 is 2.29 bits per heavy atom. The van der Waals surface area contributed by atoms with Crippen LogP contribution in [0.3, 0.4) is 0 Å². The van der Waals surface area contributed by atoms with E-state index in [0.29, 0.717) is 0 Å². The minimum absolute atomic E-state index is 0.0168. The molecule has 0 radical (unpaired) electrons. The van der Waals surface area contributed by atoms with Crippen molar-refractivity contribution in [2.45, 2.75) is 38.4 Å². The summed E-state index contributed by atoms with van der Waals surface area (Å²) in [6.45, 7) is 2.40. The minimum Gasteiger partial charge on any atom is -0.457 e. The van der Waals surface area contributed by atoms with Gasteiger partial charge in [0.05, 0.1) is 6.61 Å². The SMILES string of the molecule is CO[C@H]1OC[C@@H](OC(C)=O)[C@H](O)[C@H]1OC(C)=O. The maximum absolute atomic E-state index is 10.9. The second kappa shape index (κ2) is 5.95. The van der Waals surface area contributed by atoms with Crippen LogP contribution in [0.1, 0.15) is 13.8 Å². The van der Waals surface area contributed by atoms with Gasteiger partial charge < -0.3 is 24.1 Å². The molecule has 1 aliphatic heterocycles. The van der Waals surface area contributed by atoms with Crippen molar-refractivity contribution in [3.05, 3.63) is 0 Å². The zero-order valence-corrected chi connectivity index (χ0v) is 9.91. The molecule has 0 aromatic heterocycles. The van der Waals surface area contributed by atoms with Crippen molar-refractivity contribution in [1.29, 1.82) is 0 Å². The van der Waals surface area contributed by atoms with E-state index in [1.165, 1.54) is 21.0 Å². The number of rotatable bonds is 3. The molecule has 0 spiro atoms. The highest BCUT2D eigenvalue weighted by atomic mass is 16.7. The Morgan fingerprint density at radius 2 is 1.82 bits per heavy atom. The van der Waals surface area contributed by atoms with E-state index in [1.54, 1.807) is 0 Å². The minimum atomic E-state index is -1.18. The number of ether oxygens (including phenoxy) is 4. The van der Waals surface area contributed by atoms with E-state index in [4.69, 9.17) is 18.9 Å². The standard InChI is InChI=1S/C10H16O7/c1-5(11)16-7-4-15-10(14-3)9(8(7)13)17-6(2)12/h7-10,13H,4H2,1-3H3/t7-,8+,9-,10+/m1/s1. The fourth-order valence-corrected chi connectivity index (χ4v) is 1.59. The lowest BCUT2D eigenvalue weighted by molar-refractivity contribution is -0.270. The van der Waals surface area contributed by atoms with Crippen LogP contribution in [0.4, 0.5) is 0 Å². The normalized spacial score (nSPS) is 32.9. The molecule has 7 nitrogen and oxygen atoms in total. The quantitative estimate of drug-likeness (QED) is 0.654. The molecule has 98 valence electrons. The van der Waals surface area contributed by atoms with Crippen molar-refractivity contribution in [2.24, 2.45) is 0 Å². The first-order valence-corrected chi connectivity index (χ1v) is 5.12. The molecule has 0 bridgehead atoms. The van der Waals surface area contributed by atoms with Crippen LogP contribution in [0.2, 0.25) is 0 Å². The Hall–Kier alpha value is -1.18. The Kier molecular flexibility index (Phi) is 4.86. The van der Waals surface area contributed by atoms with Gasteiger partial charge >= 0.3 is 11.9 Å². The van der Waals surface area contributed by atoms with Gasteiger partial charge in [0.1, 0.15) is 6.10 Å². The van der Waals surface area contributed by atoms with Crippen LogP contribution in [0.25, 0.3) is 0 Å². The predicted octanol–water partition coefficient (Wildman–Crippen LogP) is -0.787. The van der Waals surface area contributed by atoms with Crippen LogP contribution in [-0.4, -0.2) is 55.4 Å². The van der Waals surface area contributed by atoms with Gasteiger partial charge in [-0.1, -0.05) is 0 Å². The molecule has 4 atom stereocenters. The largest absolute Gasteiger partial charge is 0.457 e. The molecule has 0 amide bonds. The molecule has 1 N–H and O–H groups in total. The highest BCUT2D eigenvalue weighted by molar-refractivity contribution is 5.67. The topological polar surface area (TPSA) is 91.3 Å². The lowest BCUT2D eigenvalue weighted by Gasteiger charge is -2.37. The Balaban J connectivity index is 2.72. The van der Waals surface area contributed by atoms with Crippen molar-refractivity contribution in [1.82, 2.24) is 0 Å². The van der Waals surface area contributed by atoms with Crippen LogP contribution in [-0.2, 0) is 28.5 Å². The van der Waals surface area contributed by atoms with Crippen LogP contribution in [0.5, 0.6) is 0 Å². The maximum Gasteiger partial charge on any atom is 0.303 e. The van der Waals surface area contributed by atoms with Gasteiger partial charge in [0.15, 0.2) is 18.5 Å². The smallest absolute Gasteiger partial charge is 0.303 e. The molecule has 0 aromatic carbocycles. The van der Waals surface area contributed by atoms with Gasteiger partial charge in [-0.05, 0) is 0 Å². The van der Waals surface area contributed by atoms with Crippen molar-refractivity contribution in [3.63, 3.8) is 0 Å². The Morgan fingerprint density at radius 1 is 1.24 bits per heavy atom. The molecular weight excluding hydrogens is 232 g/mol. The Labute approximate surface area is 98.6 Å². The van der Waals surface area contributed by atoms with Crippen molar-refractivity contribution >= 4 is 11.9 Å². The van der Waals surface area contributed by atoms with Gasteiger partial charge in [-0.25, -0.2) is 0 Å². The summed E-state index contributed by atoms with van der Waals surface area (Å²) in [6, 6.07) is 0. The lowest BCUT2D eigenvalue weighted by Crippen LogP contribution is -2.56. The number of methoxy groups -OCH3 is 1. The van der Waals surface area contributed by atoms with Gasteiger partial charge in [-0.2, -0.15) is 0 Å². The number of carbonyl (C=O) groups excluding carboxylic acids is 2. The third kappa shape index (κ3) is 3.65. The third-order valence-corrected chi connectivity index (χ3v) is 2.26. The monoisotopic (exact) mass is 248 g/mol. The summed E-state index contributed by atoms with van der Waals surface area (Å²) in [5.41, 5.74) is 0. The molecule has 0 aromatic rings. The number of hydrogen-bond donors (Lipinski definition) is 1. The molecule has 1 saturated heterocycles. The summed E-state index contributed by atoms with van der Waals surface area (Å²) < 4.78 is 19.9. The van der Waals surface area contributed by atoms with Crippen molar-refractivity contribution in [3.8, 4) is 0 Å². The van der Waals surface area contributed by atoms with Gasteiger partial charge in [-0.15, -0.1) is 0 Å². The number of aliphatic hydroxyl groups excluding tert-OH is 1. The average Bonchev–Trinajstić information content (AvgIpc) is 2.23. The van der Waals surface area contributed by atoms with E-state index >= 15 is 0 Å². The van der Waals surface area contributed by atoms with Gasteiger partial charge in [0.25, 0.3) is 0 Å². The second-order valence-electron chi connectivity index (χ2n) is 3.65. The van der Waals surface area contributed by atoms with Crippen LogP contribution >= 0.6 is 0 Å². The van der Waals surface area contributed by atoms with Gasteiger partial charge in [-0.3, -0.25) is 9.59 Å². The predicted molar refractivity (Wildman–Crippen MR) is 53.9 cm³/mol. The van der Waals surface area contributed by atoms with Crippen LogP contribution < -0.4 is 0 Å². The first kappa shape index (κ1) is 13.9. The molecular formula is C10H16O7. The Bertz CT molecular complexity index is 290. The third-order valence-electron chi connectivity index (χ3n) is 2.26. The van der Waals surface area contributed by atoms with Crippen molar-refractivity contribution < 1.29 is 33.6 Å². The molecule has 1 rings (SSSR count). The summed E-state index contributed by atoms with van der Waals surface area (Å²) in [7, 11) is 1.36. The number of esters is 2. The number of hydrogen-bond acceptors (Lipinski definition) is 7. The summed E-state index contributed by atoms with van der Waals surface area (Å²) in [4.78, 5) is 21.7. The molecule has 0 unspecified atom stereocenters. The molecule has 17 heavy (non-hydrogen) atoms. The second-order valence-corrected chi connectivity index (χ2v) is 3.65. The van der Waals surface area contributed by atoms with Gasteiger partial charge in [0.2, 0.25) is 0 Å². The van der Waals surface area contributed by atoms with Crippen LogP contribution in [0, 0.1) is 0 Å².